The first-order chi connectivity index (χ1) is 13.9. The predicted molar refractivity (Wildman–Crippen MR) is 105 cm³/mol. The monoisotopic (exact) mass is 390 g/mol. The number of nitrogens with zero attached hydrogens (tertiary/aromatic N) is 2. The molecule has 2 N–H and O–H groups in total. The minimum atomic E-state index is -0.965. The van der Waals surface area contributed by atoms with E-state index in [-0.39, 0.29) is 22.9 Å². The van der Waals surface area contributed by atoms with Crippen LogP contribution < -0.4 is 4.90 Å². The summed E-state index contributed by atoms with van der Waals surface area (Å²) in [7, 11) is 0. The fourth-order valence-corrected chi connectivity index (χ4v) is 3.41. The van der Waals surface area contributed by atoms with Gasteiger partial charge in [-0.15, -0.1) is 0 Å². The fraction of sp³-hybridized carbons (Fsp3) is 0.136. The molecule has 0 radical (unpaired) electrons. The Morgan fingerprint density at radius 2 is 1.79 bits per heavy atom. The number of carbonyl (C=O) groups excluding carboxylic acids is 2. The Kier molecular flexibility index (Phi) is 4.43. The second-order valence-corrected chi connectivity index (χ2v) is 6.93. The molecule has 0 aliphatic carbocycles. The molecule has 1 atom stereocenters. The third-order valence-corrected chi connectivity index (χ3v) is 4.82. The highest BCUT2D eigenvalue weighted by molar-refractivity contribution is 6.51. The number of anilines is 1. The summed E-state index contributed by atoms with van der Waals surface area (Å²) in [5.41, 5.74) is 1.78. The Bertz CT molecular complexity index is 1140. The molecule has 4 rings (SSSR count). The Hall–Kier alpha value is -3.87. The topological polar surface area (TPSA) is 104 Å². The van der Waals surface area contributed by atoms with E-state index in [1.54, 1.807) is 43.3 Å². The number of aromatic nitrogens is 1. The van der Waals surface area contributed by atoms with Gasteiger partial charge in [0.05, 0.1) is 11.6 Å². The number of benzene rings is 2. The van der Waals surface area contributed by atoms with Gasteiger partial charge in [0.2, 0.25) is 0 Å². The summed E-state index contributed by atoms with van der Waals surface area (Å²) in [5, 5.41) is 24.8. The van der Waals surface area contributed by atoms with Crippen molar-refractivity contribution in [3.63, 3.8) is 0 Å². The molecular weight excluding hydrogens is 372 g/mol. The van der Waals surface area contributed by atoms with Crippen LogP contribution in [0.25, 0.3) is 5.76 Å². The van der Waals surface area contributed by atoms with Crippen LogP contribution in [0.1, 0.15) is 28.5 Å². The predicted octanol–water partition coefficient (Wildman–Crippen LogP) is 3.62. The zero-order valence-electron chi connectivity index (χ0n) is 15.8. The van der Waals surface area contributed by atoms with Crippen LogP contribution >= 0.6 is 0 Å². The van der Waals surface area contributed by atoms with E-state index in [2.05, 4.69) is 5.16 Å². The van der Waals surface area contributed by atoms with Gasteiger partial charge in [-0.3, -0.25) is 14.5 Å². The average molecular weight is 390 g/mol. The van der Waals surface area contributed by atoms with Crippen LogP contribution in [0.3, 0.4) is 0 Å². The third kappa shape index (κ3) is 3.16. The SMILES string of the molecule is Cc1ccc(C(O)=C2C(=O)C(=O)N(c3cc(C)on3)[C@H]2c2cccc(O)c2)cc1. The summed E-state index contributed by atoms with van der Waals surface area (Å²) in [6.07, 6.45) is 0. The molecule has 29 heavy (non-hydrogen) atoms. The zero-order valence-corrected chi connectivity index (χ0v) is 15.8. The zero-order chi connectivity index (χ0) is 20.7. The van der Waals surface area contributed by atoms with Crippen molar-refractivity contribution < 1.29 is 24.3 Å². The Labute approximate surface area is 166 Å². The van der Waals surface area contributed by atoms with Crippen molar-refractivity contribution in [1.29, 1.82) is 0 Å². The highest BCUT2D eigenvalue weighted by atomic mass is 16.5. The number of Topliss-reactive ketones (excluding diaryl/α,β-unsaturated/α-hetero) is 1. The van der Waals surface area contributed by atoms with Crippen molar-refractivity contribution >= 4 is 23.3 Å². The first kappa shape index (κ1) is 18.5. The number of phenols is 1. The average Bonchev–Trinajstić information content (AvgIpc) is 3.23. The Morgan fingerprint density at radius 1 is 1.07 bits per heavy atom. The van der Waals surface area contributed by atoms with Crippen LogP contribution in [0.4, 0.5) is 5.82 Å². The fourth-order valence-electron chi connectivity index (χ4n) is 3.41. The Morgan fingerprint density at radius 3 is 2.41 bits per heavy atom. The molecule has 1 aliphatic heterocycles. The molecule has 2 heterocycles. The van der Waals surface area contributed by atoms with E-state index in [1.807, 2.05) is 6.92 Å². The maximum Gasteiger partial charge on any atom is 0.301 e. The molecule has 1 fully saturated rings. The number of rotatable bonds is 3. The number of carbonyl (C=O) groups is 2. The van der Waals surface area contributed by atoms with Crippen LogP contribution in [-0.4, -0.2) is 27.1 Å². The first-order valence-corrected chi connectivity index (χ1v) is 8.97. The van der Waals surface area contributed by atoms with Crippen molar-refractivity contribution in [2.24, 2.45) is 0 Å². The highest BCUT2D eigenvalue weighted by Crippen LogP contribution is 2.42. The number of hydrogen-bond donors (Lipinski definition) is 2. The molecule has 1 aromatic heterocycles. The largest absolute Gasteiger partial charge is 0.508 e. The van der Waals surface area contributed by atoms with Gasteiger partial charge in [-0.1, -0.05) is 47.1 Å². The van der Waals surface area contributed by atoms with Crippen LogP contribution in [0.5, 0.6) is 5.75 Å². The second kappa shape index (κ2) is 6.94. The lowest BCUT2D eigenvalue weighted by Gasteiger charge is -2.23. The highest BCUT2D eigenvalue weighted by Gasteiger charge is 2.48. The number of aliphatic hydroxyl groups is 1. The summed E-state index contributed by atoms with van der Waals surface area (Å²) in [6.45, 7) is 3.57. The van der Waals surface area contributed by atoms with E-state index in [0.29, 0.717) is 16.9 Å². The van der Waals surface area contributed by atoms with Crippen molar-refractivity contribution in [3.05, 3.63) is 82.6 Å². The smallest absolute Gasteiger partial charge is 0.301 e. The van der Waals surface area contributed by atoms with Crippen LogP contribution in [0.15, 0.2) is 64.7 Å². The Balaban J connectivity index is 1.95. The molecule has 1 aliphatic rings. The standard InChI is InChI=1S/C22H18N2O5/c1-12-6-8-14(9-7-12)20(26)18-19(15-4-3-5-16(25)11-15)24(22(28)21(18)27)17-10-13(2)29-23-17/h3-11,19,25-26H,1-2H3/t19-/m0/s1. The van der Waals surface area contributed by atoms with E-state index in [1.165, 1.54) is 23.1 Å². The van der Waals surface area contributed by atoms with Crippen LogP contribution in [0, 0.1) is 13.8 Å². The number of ketones is 1. The first-order valence-electron chi connectivity index (χ1n) is 8.97. The van der Waals surface area contributed by atoms with E-state index in [4.69, 9.17) is 4.52 Å². The van der Waals surface area contributed by atoms with E-state index < -0.39 is 17.7 Å². The molecule has 0 saturated carbocycles. The minimum absolute atomic E-state index is 0.0280. The van der Waals surface area contributed by atoms with Gasteiger partial charge in [-0.2, -0.15) is 0 Å². The van der Waals surface area contributed by atoms with Gasteiger partial charge in [-0.25, -0.2) is 0 Å². The quantitative estimate of drug-likeness (QED) is 0.402. The molecule has 1 amide bonds. The van der Waals surface area contributed by atoms with Gasteiger partial charge in [-0.05, 0) is 31.5 Å². The summed E-state index contributed by atoms with van der Waals surface area (Å²) in [5.74, 6) is -1.37. The maximum atomic E-state index is 12.9. The number of hydrogen-bond acceptors (Lipinski definition) is 6. The van der Waals surface area contributed by atoms with Gasteiger partial charge < -0.3 is 14.7 Å². The maximum absolute atomic E-state index is 12.9. The molecule has 1 saturated heterocycles. The second-order valence-electron chi connectivity index (χ2n) is 6.93. The summed E-state index contributed by atoms with van der Waals surface area (Å²) in [4.78, 5) is 27.0. The molecule has 3 aromatic rings. The van der Waals surface area contributed by atoms with Crippen molar-refractivity contribution in [3.8, 4) is 5.75 Å². The number of aryl methyl sites for hydroxylation is 2. The summed E-state index contributed by atoms with van der Waals surface area (Å²) in [6, 6.07) is 13.7. The van der Waals surface area contributed by atoms with Gasteiger partial charge in [0.25, 0.3) is 5.78 Å². The van der Waals surface area contributed by atoms with Crippen LogP contribution in [0.2, 0.25) is 0 Å². The van der Waals surface area contributed by atoms with Crippen molar-refractivity contribution in [1.82, 2.24) is 5.16 Å². The molecule has 0 spiro atoms. The van der Waals surface area contributed by atoms with E-state index in [9.17, 15) is 19.8 Å². The molecule has 0 bridgehead atoms. The van der Waals surface area contributed by atoms with Gasteiger partial charge in [0, 0.05) is 11.6 Å². The van der Waals surface area contributed by atoms with Gasteiger partial charge >= 0.3 is 5.91 Å². The number of phenolic OH excluding ortho intramolecular Hbond substituents is 1. The molecule has 7 nitrogen and oxygen atoms in total. The minimum Gasteiger partial charge on any atom is -0.508 e. The van der Waals surface area contributed by atoms with Gasteiger partial charge in [0.15, 0.2) is 5.82 Å². The lowest BCUT2D eigenvalue weighted by atomic mass is 9.95. The third-order valence-electron chi connectivity index (χ3n) is 4.82. The van der Waals surface area contributed by atoms with Gasteiger partial charge in [0.1, 0.15) is 17.3 Å². The number of aromatic hydroxyl groups is 1. The van der Waals surface area contributed by atoms with E-state index >= 15 is 0 Å². The number of amides is 1. The van der Waals surface area contributed by atoms with Crippen molar-refractivity contribution in [2.45, 2.75) is 19.9 Å². The molecule has 7 heteroatoms. The number of aliphatic hydroxyl groups excluding tert-OH is 1. The van der Waals surface area contributed by atoms with Crippen LogP contribution in [-0.2, 0) is 9.59 Å². The molecular formula is C22H18N2O5. The lowest BCUT2D eigenvalue weighted by Crippen LogP contribution is -2.29. The summed E-state index contributed by atoms with van der Waals surface area (Å²) < 4.78 is 5.08. The molecule has 0 unspecified atom stereocenters. The molecule has 2 aromatic carbocycles. The normalized spacial score (nSPS) is 18.4. The van der Waals surface area contributed by atoms with Crippen molar-refractivity contribution in [2.75, 3.05) is 4.90 Å². The van der Waals surface area contributed by atoms with E-state index in [0.717, 1.165) is 5.56 Å². The molecule has 146 valence electrons. The lowest BCUT2D eigenvalue weighted by molar-refractivity contribution is -0.132. The summed E-state index contributed by atoms with van der Waals surface area (Å²) >= 11 is 0.